The largest absolute Gasteiger partial charge is 0.497 e. The lowest BCUT2D eigenvalue weighted by atomic mass is 10.1. The van der Waals surface area contributed by atoms with E-state index in [1.54, 1.807) is 25.3 Å². The first-order valence-corrected chi connectivity index (χ1v) is 6.19. The summed E-state index contributed by atoms with van der Waals surface area (Å²) in [4.78, 5) is 0. The summed E-state index contributed by atoms with van der Waals surface area (Å²) in [6.07, 6.45) is 0. The second-order valence-corrected chi connectivity index (χ2v) is 4.50. The molecule has 0 unspecified atom stereocenters. The van der Waals surface area contributed by atoms with Crippen LogP contribution in [0.5, 0.6) is 11.5 Å². The van der Waals surface area contributed by atoms with E-state index in [2.05, 4.69) is 6.07 Å². The van der Waals surface area contributed by atoms with Gasteiger partial charge in [-0.25, -0.2) is 0 Å². The van der Waals surface area contributed by atoms with E-state index < -0.39 is 0 Å². The predicted octanol–water partition coefficient (Wildman–Crippen LogP) is 3.04. The van der Waals surface area contributed by atoms with Gasteiger partial charge in [0.1, 0.15) is 18.1 Å². The molecule has 2 N–H and O–H groups in total. The van der Waals surface area contributed by atoms with Crippen molar-refractivity contribution in [2.24, 2.45) is 0 Å². The Morgan fingerprint density at radius 2 is 2.00 bits per heavy atom. The minimum atomic E-state index is 0.372. The van der Waals surface area contributed by atoms with Crippen LogP contribution in [0.25, 0.3) is 0 Å². The Morgan fingerprint density at radius 3 is 2.70 bits per heavy atom. The van der Waals surface area contributed by atoms with Crippen LogP contribution in [-0.2, 0) is 6.61 Å². The average molecular weight is 268 g/mol. The number of benzene rings is 2. The summed E-state index contributed by atoms with van der Waals surface area (Å²) < 4.78 is 10.9. The SMILES string of the molecule is COc1cc(N)cc(COc2cc(C#N)ccc2C)c1. The molecule has 0 aromatic heterocycles. The number of anilines is 1. The third-order valence-electron chi connectivity index (χ3n) is 2.94. The first-order valence-electron chi connectivity index (χ1n) is 6.19. The zero-order valence-electron chi connectivity index (χ0n) is 11.5. The van der Waals surface area contributed by atoms with Crippen LogP contribution in [0.4, 0.5) is 5.69 Å². The molecule has 0 aliphatic rings. The lowest BCUT2D eigenvalue weighted by molar-refractivity contribution is 0.303. The van der Waals surface area contributed by atoms with Crippen LogP contribution >= 0.6 is 0 Å². The Kier molecular flexibility index (Phi) is 4.11. The van der Waals surface area contributed by atoms with Crippen molar-refractivity contribution in [2.75, 3.05) is 12.8 Å². The number of aryl methyl sites for hydroxylation is 1. The molecule has 0 aliphatic carbocycles. The Morgan fingerprint density at radius 1 is 1.20 bits per heavy atom. The van der Waals surface area contributed by atoms with E-state index in [4.69, 9.17) is 20.5 Å². The van der Waals surface area contributed by atoms with Crippen molar-refractivity contribution in [3.8, 4) is 17.6 Å². The molecule has 20 heavy (non-hydrogen) atoms. The van der Waals surface area contributed by atoms with Crippen LogP contribution in [0.1, 0.15) is 16.7 Å². The van der Waals surface area contributed by atoms with Gasteiger partial charge in [-0.3, -0.25) is 0 Å². The van der Waals surface area contributed by atoms with Crippen molar-refractivity contribution >= 4 is 5.69 Å². The quantitative estimate of drug-likeness (QED) is 0.865. The van der Waals surface area contributed by atoms with Gasteiger partial charge >= 0.3 is 0 Å². The molecule has 0 saturated heterocycles. The van der Waals surface area contributed by atoms with Crippen LogP contribution in [0.2, 0.25) is 0 Å². The van der Waals surface area contributed by atoms with Crippen LogP contribution in [0, 0.1) is 18.3 Å². The molecule has 102 valence electrons. The molecule has 0 heterocycles. The van der Waals surface area contributed by atoms with Crippen molar-refractivity contribution in [3.05, 3.63) is 53.1 Å². The third kappa shape index (κ3) is 3.21. The highest BCUT2D eigenvalue weighted by molar-refractivity contribution is 5.48. The number of hydrogen-bond acceptors (Lipinski definition) is 4. The van der Waals surface area contributed by atoms with Gasteiger partial charge in [-0.1, -0.05) is 6.07 Å². The molecule has 2 aromatic carbocycles. The number of nitrogens with two attached hydrogens (primary N) is 1. The van der Waals surface area contributed by atoms with E-state index in [0.29, 0.717) is 29.4 Å². The second-order valence-electron chi connectivity index (χ2n) is 4.50. The Balaban J connectivity index is 2.16. The number of nitriles is 1. The van der Waals surface area contributed by atoms with Gasteiger partial charge in [0.15, 0.2) is 0 Å². The van der Waals surface area contributed by atoms with Crippen LogP contribution < -0.4 is 15.2 Å². The smallest absolute Gasteiger partial charge is 0.124 e. The minimum absolute atomic E-state index is 0.372. The van der Waals surface area contributed by atoms with Gasteiger partial charge in [0.2, 0.25) is 0 Å². The highest BCUT2D eigenvalue weighted by Gasteiger charge is 2.04. The summed E-state index contributed by atoms with van der Waals surface area (Å²) in [7, 11) is 1.60. The monoisotopic (exact) mass is 268 g/mol. The van der Waals surface area contributed by atoms with E-state index >= 15 is 0 Å². The van der Waals surface area contributed by atoms with Crippen molar-refractivity contribution in [3.63, 3.8) is 0 Å². The summed E-state index contributed by atoms with van der Waals surface area (Å²) in [5.41, 5.74) is 8.92. The number of ether oxygens (including phenoxy) is 2. The average Bonchev–Trinajstić information content (AvgIpc) is 2.45. The Hall–Kier alpha value is -2.67. The fourth-order valence-electron chi connectivity index (χ4n) is 1.87. The fourth-order valence-corrected chi connectivity index (χ4v) is 1.87. The maximum atomic E-state index is 8.90. The lowest BCUT2D eigenvalue weighted by Gasteiger charge is -2.11. The number of nitrogens with zero attached hydrogens (tertiary/aromatic N) is 1. The standard InChI is InChI=1S/C16H16N2O2/c1-11-3-4-12(9-17)7-16(11)20-10-13-5-14(18)8-15(6-13)19-2/h3-8H,10,18H2,1-2H3. The molecule has 4 heteroatoms. The molecule has 0 bridgehead atoms. The number of methoxy groups -OCH3 is 1. The maximum Gasteiger partial charge on any atom is 0.124 e. The summed E-state index contributed by atoms with van der Waals surface area (Å²) >= 11 is 0. The normalized spacial score (nSPS) is 9.85. The van der Waals surface area contributed by atoms with Gasteiger partial charge in [0.05, 0.1) is 18.7 Å². The molecule has 0 radical (unpaired) electrons. The molecular weight excluding hydrogens is 252 g/mol. The Bertz CT molecular complexity index is 660. The summed E-state index contributed by atoms with van der Waals surface area (Å²) in [6.45, 7) is 2.31. The molecule has 0 fully saturated rings. The number of nitrogen functional groups attached to an aromatic ring is 1. The zero-order chi connectivity index (χ0) is 14.5. The molecule has 4 nitrogen and oxygen atoms in total. The van der Waals surface area contributed by atoms with Crippen molar-refractivity contribution in [1.29, 1.82) is 5.26 Å². The topological polar surface area (TPSA) is 68.3 Å². The molecule has 2 rings (SSSR count). The van der Waals surface area contributed by atoms with Crippen LogP contribution in [-0.4, -0.2) is 7.11 Å². The van der Waals surface area contributed by atoms with Gasteiger partial charge in [-0.05, 0) is 42.3 Å². The minimum Gasteiger partial charge on any atom is -0.497 e. The lowest BCUT2D eigenvalue weighted by Crippen LogP contribution is -1.99. The number of hydrogen-bond donors (Lipinski definition) is 1. The van der Waals surface area contributed by atoms with Crippen molar-refractivity contribution in [2.45, 2.75) is 13.5 Å². The summed E-state index contributed by atoms with van der Waals surface area (Å²) in [5, 5.41) is 8.90. The van der Waals surface area contributed by atoms with Crippen LogP contribution in [0.15, 0.2) is 36.4 Å². The third-order valence-corrected chi connectivity index (χ3v) is 2.94. The number of rotatable bonds is 4. The Labute approximate surface area is 118 Å². The van der Waals surface area contributed by atoms with E-state index in [-0.39, 0.29) is 0 Å². The molecular formula is C16H16N2O2. The van der Waals surface area contributed by atoms with E-state index in [0.717, 1.165) is 11.1 Å². The maximum absolute atomic E-state index is 8.90. The molecule has 0 aliphatic heterocycles. The van der Waals surface area contributed by atoms with E-state index in [1.807, 2.05) is 25.1 Å². The van der Waals surface area contributed by atoms with Gasteiger partial charge < -0.3 is 15.2 Å². The van der Waals surface area contributed by atoms with E-state index in [1.165, 1.54) is 0 Å². The predicted molar refractivity (Wildman–Crippen MR) is 77.6 cm³/mol. The zero-order valence-corrected chi connectivity index (χ0v) is 11.5. The van der Waals surface area contributed by atoms with Crippen LogP contribution in [0.3, 0.4) is 0 Å². The molecule has 0 amide bonds. The second kappa shape index (κ2) is 5.98. The highest BCUT2D eigenvalue weighted by atomic mass is 16.5. The van der Waals surface area contributed by atoms with Gasteiger partial charge in [0, 0.05) is 11.8 Å². The van der Waals surface area contributed by atoms with E-state index in [9.17, 15) is 0 Å². The van der Waals surface area contributed by atoms with Gasteiger partial charge in [0.25, 0.3) is 0 Å². The molecule has 0 saturated carbocycles. The molecule has 0 spiro atoms. The summed E-state index contributed by atoms with van der Waals surface area (Å²) in [6, 6.07) is 12.9. The highest BCUT2D eigenvalue weighted by Crippen LogP contribution is 2.23. The molecule has 0 atom stereocenters. The fraction of sp³-hybridized carbons (Fsp3) is 0.188. The van der Waals surface area contributed by atoms with Crippen molar-refractivity contribution in [1.82, 2.24) is 0 Å². The van der Waals surface area contributed by atoms with Gasteiger partial charge in [-0.2, -0.15) is 5.26 Å². The van der Waals surface area contributed by atoms with Crippen molar-refractivity contribution < 1.29 is 9.47 Å². The molecule has 2 aromatic rings. The first kappa shape index (κ1) is 13.8. The summed E-state index contributed by atoms with van der Waals surface area (Å²) in [5.74, 6) is 1.40. The van der Waals surface area contributed by atoms with Gasteiger partial charge in [-0.15, -0.1) is 0 Å². The first-order chi connectivity index (χ1) is 9.62.